The van der Waals surface area contributed by atoms with Gasteiger partial charge in [-0.3, -0.25) is 0 Å². The maximum absolute atomic E-state index is 10.4. The van der Waals surface area contributed by atoms with Crippen molar-refractivity contribution < 1.29 is 5.11 Å². The molecule has 0 fully saturated rings. The molecule has 0 spiro atoms. The van der Waals surface area contributed by atoms with Crippen molar-refractivity contribution in [2.45, 2.75) is 26.9 Å². The van der Waals surface area contributed by atoms with Gasteiger partial charge in [0.25, 0.3) is 0 Å². The summed E-state index contributed by atoms with van der Waals surface area (Å²) >= 11 is 5.02. The normalized spacial score (nSPS) is 12.8. The molecule has 1 heterocycles. The predicted octanol–water partition coefficient (Wildman–Crippen LogP) is 4.52. The Hall–Kier alpha value is -0.640. The Morgan fingerprint density at radius 3 is 2.29 bits per heavy atom. The van der Waals surface area contributed by atoms with Crippen molar-refractivity contribution in [3.05, 3.63) is 55.2 Å². The van der Waals surface area contributed by atoms with Crippen molar-refractivity contribution in [1.29, 1.82) is 0 Å². The Morgan fingerprint density at radius 1 is 1.06 bits per heavy atom. The van der Waals surface area contributed by atoms with E-state index in [1.54, 1.807) is 11.3 Å². The summed E-state index contributed by atoms with van der Waals surface area (Å²) in [6.45, 7) is 6.22. The molecule has 0 bridgehead atoms. The van der Waals surface area contributed by atoms with Gasteiger partial charge in [-0.1, -0.05) is 12.1 Å². The first kappa shape index (κ1) is 12.8. The highest BCUT2D eigenvalue weighted by Gasteiger charge is 2.15. The van der Waals surface area contributed by atoms with E-state index in [1.165, 1.54) is 11.1 Å². The van der Waals surface area contributed by atoms with E-state index in [2.05, 4.69) is 41.9 Å². The van der Waals surface area contributed by atoms with E-state index in [1.807, 2.05) is 18.4 Å². The summed E-state index contributed by atoms with van der Waals surface area (Å²) in [5.41, 5.74) is 5.58. The zero-order valence-electron chi connectivity index (χ0n) is 10.1. The Kier molecular flexibility index (Phi) is 3.71. The first-order valence-corrected chi connectivity index (χ1v) is 7.16. The lowest BCUT2D eigenvalue weighted by Gasteiger charge is -2.15. The third-order valence-corrected chi connectivity index (χ3v) is 4.60. The van der Waals surface area contributed by atoms with Crippen molar-refractivity contribution in [3.63, 3.8) is 0 Å². The average Bonchev–Trinajstić information content (AvgIpc) is 2.69. The molecule has 0 saturated heterocycles. The maximum atomic E-state index is 10.4. The highest BCUT2D eigenvalue weighted by Crippen LogP contribution is 2.31. The summed E-state index contributed by atoms with van der Waals surface area (Å²) < 4.78 is 1.05. The molecule has 17 heavy (non-hydrogen) atoms. The van der Waals surface area contributed by atoms with E-state index in [0.29, 0.717) is 0 Å². The van der Waals surface area contributed by atoms with Crippen molar-refractivity contribution in [2.75, 3.05) is 0 Å². The van der Waals surface area contributed by atoms with Crippen molar-refractivity contribution >= 4 is 27.3 Å². The van der Waals surface area contributed by atoms with Gasteiger partial charge in [-0.15, -0.1) is 11.3 Å². The standard InChI is InChI=1S/C14H15BrOS/c1-8-4-10(3)12(5-9(8)2)14(16)11-6-13(15)17-7-11/h4-7,14,16H,1-3H3. The van der Waals surface area contributed by atoms with Gasteiger partial charge >= 0.3 is 0 Å². The van der Waals surface area contributed by atoms with Gasteiger partial charge in [0.05, 0.1) is 3.79 Å². The topological polar surface area (TPSA) is 20.2 Å². The Labute approximate surface area is 114 Å². The van der Waals surface area contributed by atoms with E-state index in [4.69, 9.17) is 0 Å². The molecule has 90 valence electrons. The van der Waals surface area contributed by atoms with Crippen LogP contribution >= 0.6 is 27.3 Å². The van der Waals surface area contributed by atoms with E-state index in [-0.39, 0.29) is 0 Å². The third kappa shape index (κ3) is 2.62. The number of thiophene rings is 1. The van der Waals surface area contributed by atoms with Crippen LogP contribution in [0, 0.1) is 20.8 Å². The third-order valence-electron chi connectivity index (χ3n) is 3.08. The number of aliphatic hydroxyl groups excluding tert-OH is 1. The zero-order valence-corrected chi connectivity index (χ0v) is 12.5. The molecule has 0 amide bonds. The number of benzene rings is 1. The van der Waals surface area contributed by atoms with Gasteiger partial charge in [0.2, 0.25) is 0 Å². The fourth-order valence-corrected chi connectivity index (χ4v) is 3.12. The minimum Gasteiger partial charge on any atom is -0.384 e. The Bertz CT molecular complexity index is 545. The van der Waals surface area contributed by atoms with Crippen LogP contribution < -0.4 is 0 Å². The SMILES string of the molecule is Cc1cc(C)c(C(O)c2csc(Br)c2)cc1C. The van der Waals surface area contributed by atoms with Gasteiger partial charge in [0.15, 0.2) is 0 Å². The van der Waals surface area contributed by atoms with Crippen LogP contribution in [0.15, 0.2) is 27.4 Å². The smallest absolute Gasteiger partial charge is 0.105 e. The monoisotopic (exact) mass is 310 g/mol. The fourth-order valence-electron chi connectivity index (χ4n) is 1.92. The molecule has 0 aliphatic rings. The zero-order chi connectivity index (χ0) is 12.6. The second kappa shape index (κ2) is 4.92. The van der Waals surface area contributed by atoms with Crippen LogP contribution in [0.25, 0.3) is 0 Å². The molecule has 1 aromatic heterocycles. The van der Waals surface area contributed by atoms with Gasteiger partial charge in [-0.25, -0.2) is 0 Å². The highest BCUT2D eigenvalue weighted by molar-refractivity contribution is 9.11. The molecule has 0 aliphatic heterocycles. The van der Waals surface area contributed by atoms with Crippen LogP contribution in [-0.2, 0) is 0 Å². The van der Waals surface area contributed by atoms with Crippen LogP contribution in [-0.4, -0.2) is 5.11 Å². The van der Waals surface area contributed by atoms with Gasteiger partial charge in [0, 0.05) is 0 Å². The second-order valence-corrected chi connectivity index (χ2v) is 6.67. The van der Waals surface area contributed by atoms with Gasteiger partial charge in [-0.05, 0) is 76.0 Å². The van der Waals surface area contributed by atoms with Crippen LogP contribution in [0.5, 0.6) is 0 Å². The minimum atomic E-state index is -0.531. The highest BCUT2D eigenvalue weighted by atomic mass is 79.9. The number of aliphatic hydroxyl groups is 1. The number of rotatable bonds is 2. The maximum Gasteiger partial charge on any atom is 0.105 e. The van der Waals surface area contributed by atoms with Gasteiger partial charge in [-0.2, -0.15) is 0 Å². The Balaban J connectivity index is 2.43. The predicted molar refractivity (Wildman–Crippen MR) is 76.7 cm³/mol. The molecule has 1 aromatic carbocycles. The number of hydrogen-bond acceptors (Lipinski definition) is 2. The largest absolute Gasteiger partial charge is 0.384 e. The molecule has 2 aromatic rings. The lowest BCUT2D eigenvalue weighted by Crippen LogP contribution is -2.02. The quantitative estimate of drug-likeness (QED) is 0.864. The molecule has 1 nitrogen and oxygen atoms in total. The average molecular weight is 311 g/mol. The molecule has 3 heteroatoms. The van der Waals surface area contributed by atoms with Crippen molar-refractivity contribution in [1.82, 2.24) is 0 Å². The fraction of sp³-hybridized carbons (Fsp3) is 0.286. The first-order chi connectivity index (χ1) is 7.99. The number of hydrogen-bond donors (Lipinski definition) is 1. The summed E-state index contributed by atoms with van der Waals surface area (Å²) in [7, 11) is 0. The van der Waals surface area contributed by atoms with E-state index in [0.717, 1.165) is 20.5 Å². The molecule has 1 N–H and O–H groups in total. The van der Waals surface area contributed by atoms with Crippen molar-refractivity contribution in [2.24, 2.45) is 0 Å². The summed E-state index contributed by atoms with van der Waals surface area (Å²) in [5, 5.41) is 12.4. The number of aryl methyl sites for hydroxylation is 3. The molecule has 2 rings (SSSR count). The summed E-state index contributed by atoms with van der Waals surface area (Å²) in [6, 6.07) is 6.19. The van der Waals surface area contributed by atoms with Crippen LogP contribution in [0.1, 0.15) is 33.9 Å². The molecule has 0 radical (unpaired) electrons. The molecular formula is C14H15BrOS. The van der Waals surface area contributed by atoms with E-state index >= 15 is 0 Å². The minimum absolute atomic E-state index is 0.531. The molecule has 0 aliphatic carbocycles. The molecular weight excluding hydrogens is 296 g/mol. The lowest BCUT2D eigenvalue weighted by atomic mass is 9.95. The number of halogens is 1. The lowest BCUT2D eigenvalue weighted by molar-refractivity contribution is 0.220. The first-order valence-electron chi connectivity index (χ1n) is 5.49. The van der Waals surface area contributed by atoms with Crippen LogP contribution in [0.2, 0.25) is 0 Å². The van der Waals surface area contributed by atoms with Gasteiger partial charge < -0.3 is 5.11 Å². The molecule has 1 unspecified atom stereocenters. The van der Waals surface area contributed by atoms with Gasteiger partial charge in [0.1, 0.15) is 6.10 Å². The summed E-state index contributed by atoms with van der Waals surface area (Å²) in [5.74, 6) is 0. The summed E-state index contributed by atoms with van der Waals surface area (Å²) in [4.78, 5) is 0. The molecule has 0 saturated carbocycles. The van der Waals surface area contributed by atoms with Crippen LogP contribution in [0.4, 0.5) is 0 Å². The van der Waals surface area contributed by atoms with Crippen LogP contribution in [0.3, 0.4) is 0 Å². The summed E-state index contributed by atoms with van der Waals surface area (Å²) in [6.07, 6.45) is -0.531. The van der Waals surface area contributed by atoms with E-state index in [9.17, 15) is 5.11 Å². The second-order valence-electron chi connectivity index (χ2n) is 4.38. The Morgan fingerprint density at radius 2 is 1.71 bits per heavy atom. The van der Waals surface area contributed by atoms with Crippen molar-refractivity contribution in [3.8, 4) is 0 Å². The van der Waals surface area contributed by atoms with E-state index < -0.39 is 6.10 Å². The molecule has 1 atom stereocenters.